The number of hydrogen-bond acceptors (Lipinski definition) is 3. The van der Waals surface area contributed by atoms with Gasteiger partial charge in [0.25, 0.3) is 5.91 Å². The van der Waals surface area contributed by atoms with Gasteiger partial charge >= 0.3 is 0 Å². The Morgan fingerprint density at radius 3 is 2.29 bits per heavy atom. The average molecular weight is 329 g/mol. The topological polar surface area (TPSA) is 55.4 Å². The first kappa shape index (κ1) is 17.7. The number of carbonyl (C=O) groups is 2. The number of ether oxygens (including phenoxy) is 1. The van der Waals surface area contributed by atoms with Crippen LogP contribution in [0, 0.1) is 5.82 Å². The van der Waals surface area contributed by atoms with Crippen molar-refractivity contribution in [2.75, 3.05) is 6.61 Å². The summed E-state index contributed by atoms with van der Waals surface area (Å²) in [6, 6.07) is 12.4. The van der Waals surface area contributed by atoms with Gasteiger partial charge in [0.15, 0.2) is 12.4 Å². The molecule has 4 nitrogen and oxygen atoms in total. The Labute approximate surface area is 140 Å². The van der Waals surface area contributed by atoms with Gasteiger partial charge in [0, 0.05) is 12.0 Å². The monoisotopic (exact) mass is 329 g/mol. The minimum atomic E-state index is -0.314. The molecule has 2 aromatic rings. The van der Waals surface area contributed by atoms with Crippen molar-refractivity contribution in [3.8, 4) is 5.75 Å². The molecule has 0 bridgehead atoms. The number of rotatable bonds is 7. The van der Waals surface area contributed by atoms with Gasteiger partial charge in [-0.15, -0.1) is 0 Å². The molecule has 0 aromatic heterocycles. The number of Topliss-reactive ketones (excluding diaryl/α,β-unsaturated/α-hetero) is 1. The van der Waals surface area contributed by atoms with E-state index in [9.17, 15) is 14.0 Å². The summed E-state index contributed by atoms with van der Waals surface area (Å²) in [6.07, 6.45) is 0.448. The van der Waals surface area contributed by atoms with Crippen LogP contribution in [-0.2, 0) is 4.79 Å². The van der Waals surface area contributed by atoms with Crippen LogP contribution in [0.1, 0.15) is 42.2 Å². The third kappa shape index (κ3) is 4.91. The lowest BCUT2D eigenvalue weighted by molar-refractivity contribution is -0.123. The fourth-order valence-electron chi connectivity index (χ4n) is 2.21. The first-order valence-corrected chi connectivity index (χ1v) is 7.80. The first-order chi connectivity index (χ1) is 11.5. The molecule has 0 radical (unpaired) electrons. The average Bonchev–Trinajstić information content (AvgIpc) is 2.60. The zero-order valence-electron chi connectivity index (χ0n) is 13.7. The number of halogens is 1. The third-order valence-electron chi connectivity index (χ3n) is 3.61. The molecular weight excluding hydrogens is 309 g/mol. The summed E-state index contributed by atoms with van der Waals surface area (Å²) in [5.41, 5.74) is 1.44. The first-order valence-electron chi connectivity index (χ1n) is 7.80. The molecule has 1 unspecified atom stereocenters. The molecule has 1 amide bonds. The predicted molar refractivity (Wildman–Crippen MR) is 89.5 cm³/mol. The Kier molecular flexibility index (Phi) is 6.07. The molecule has 0 heterocycles. The number of nitrogens with one attached hydrogen (secondary N) is 1. The summed E-state index contributed by atoms with van der Waals surface area (Å²) in [4.78, 5) is 23.5. The maximum atomic E-state index is 12.9. The number of hydrogen-bond donors (Lipinski definition) is 1. The van der Waals surface area contributed by atoms with E-state index in [0.717, 1.165) is 5.56 Å². The van der Waals surface area contributed by atoms with Crippen LogP contribution in [-0.4, -0.2) is 18.3 Å². The zero-order chi connectivity index (χ0) is 17.5. The standard InChI is InChI=1S/C19H20FNO3/c1-3-18(22)15-6-10-17(11-7-15)24-12-19(23)21-13(2)14-4-8-16(20)9-5-14/h4-11,13H,3,12H2,1-2H3,(H,21,23). The van der Waals surface area contributed by atoms with Crippen molar-refractivity contribution in [2.45, 2.75) is 26.3 Å². The van der Waals surface area contributed by atoms with Gasteiger partial charge in [-0.2, -0.15) is 0 Å². The highest BCUT2D eigenvalue weighted by Gasteiger charge is 2.10. The molecule has 5 heteroatoms. The Morgan fingerprint density at radius 1 is 1.08 bits per heavy atom. The Balaban J connectivity index is 1.84. The van der Waals surface area contributed by atoms with Crippen LogP contribution in [0.2, 0.25) is 0 Å². The molecule has 0 aliphatic carbocycles. The highest BCUT2D eigenvalue weighted by atomic mass is 19.1. The zero-order valence-corrected chi connectivity index (χ0v) is 13.7. The highest BCUT2D eigenvalue weighted by molar-refractivity contribution is 5.95. The second-order valence-electron chi connectivity index (χ2n) is 5.43. The summed E-state index contributed by atoms with van der Waals surface area (Å²) in [5, 5.41) is 2.78. The van der Waals surface area contributed by atoms with Crippen LogP contribution in [0.4, 0.5) is 4.39 Å². The molecular formula is C19H20FNO3. The van der Waals surface area contributed by atoms with Crippen LogP contribution in [0.3, 0.4) is 0 Å². The molecule has 1 N–H and O–H groups in total. The van der Waals surface area contributed by atoms with Gasteiger partial charge < -0.3 is 10.1 Å². The van der Waals surface area contributed by atoms with Crippen molar-refractivity contribution >= 4 is 11.7 Å². The van der Waals surface area contributed by atoms with E-state index in [0.29, 0.717) is 17.7 Å². The smallest absolute Gasteiger partial charge is 0.258 e. The Hall–Kier alpha value is -2.69. The second-order valence-corrected chi connectivity index (χ2v) is 5.43. The van der Waals surface area contributed by atoms with Crippen molar-refractivity contribution in [1.82, 2.24) is 5.32 Å². The number of benzene rings is 2. The quantitative estimate of drug-likeness (QED) is 0.789. The van der Waals surface area contributed by atoms with Crippen LogP contribution >= 0.6 is 0 Å². The largest absolute Gasteiger partial charge is 0.484 e. The molecule has 2 rings (SSSR count). The van der Waals surface area contributed by atoms with E-state index in [1.807, 2.05) is 6.92 Å². The van der Waals surface area contributed by atoms with Crippen LogP contribution in [0.15, 0.2) is 48.5 Å². The van der Waals surface area contributed by atoms with Gasteiger partial charge in [0.1, 0.15) is 11.6 Å². The molecule has 0 aliphatic heterocycles. The van der Waals surface area contributed by atoms with Gasteiger partial charge in [-0.25, -0.2) is 4.39 Å². The minimum Gasteiger partial charge on any atom is -0.484 e. The molecule has 0 aliphatic rings. The van der Waals surface area contributed by atoms with E-state index >= 15 is 0 Å². The maximum absolute atomic E-state index is 12.9. The normalized spacial score (nSPS) is 11.6. The fraction of sp³-hybridized carbons (Fsp3) is 0.263. The van der Waals surface area contributed by atoms with E-state index in [1.165, 1.54) is 12.1 Å². The number of carbonyl (C=O) groups excluding carboxylic acids is 2. The number of ketones is 1. The SMILES string of the molecule is CCC(=O)c1ccc(OCC(=O)NC(C)c2ccc(F)cc2)cc1. The van der Waals surface area contributed by atoms with Gasteiger partial charge in [0.2, 0.25) is 0 Å². The van der Waals surface area contributed by atoms with Gasteiger partial charge in [-0.3, -0.25) is 9.59 Å². The summed E-state index contributed by atoms with van der Waals surface area (Å²) < 4.78 is 18.3. The van der Waals surface area contributed by atoms with E-state index < -0.39 is 0 Å². The Bertz CT molecular complexity index is 696. The molecule has 1 atom stereocenters. The lowest BCUT2D eigenvalue weighted by Crippen LogP contribution is -2.31. The lowest BCUT2D eigenvalue weighted by atomic mass is 10.1. The lowest BCUT2D eigenvalue weighted by Gasteiger charge is -2.14. The van der Waals surface area contributed by atoms with Gasteiger partial charge in [0.05, 0.1) is 6.04 Å². The second kappa shape index (κ2) is 8.24. The molecule has 126 valence electrons. The van der Waals surface area contributed by atoms with E-state index in [-0.39, 0.29) is 30.2 Å². The van der Waals surface area contributed by atoms with Crippen LogP contribution in [0.5, 0.6) is 5.75 Å². The van der Waals surface area contributed by atoms with Crippen LogP contribution in [0.25, 0.3) is 0 Å². The Morgan fingerprint density at radius 2 is 1.71 bits per heavy atom. The fourth-order valence-corrected chi connectivity index (χ4v) is 2.21. The molecule has 0 fully saturated rings. The van der Waals surface area contributed by atoms with Crippen LogP contribution < -0.4 is 10.1 Å². The minimum absolute atomic E-state index is 0.0624. The number of amides is 1. The molecule has 0 saturated heterocycles. The van der Waals surface area contributed by atoms with Gasteiger partial charge in [-0.1, -0.05) is 19.1 Å². The molecule has 0 spiro atoms. The van der Waals surface area contributed by atoms with Crippen molar-refractivity contribution in [3.63, 3.8) is 0 Å². The highest BCUT2D eigenvalue weighted by Crippen LogP contribution is 2.15. The summed E-state index contributed by atoms with van der Waals surface area (Å²) in [7, 11) is 0. The van der Waals surface area contributed by atoms with E-state index in [2.05, 4.69) is 5.32 Å². The van der Waals surface area contributed by atoms with Gasteiger partial charge in [-0.05, 0) is 48.9 Å². The summed E-state index contributed by atoms with van der Waals surface area (Å²) >= 11 is 0. The summed E-state index contributed by atoms with van der Waals surface area (Å²) in [6.45, 7) is 3.49. The molecule has 0 saturated carbocycles. The van der Waals surface area contributed by atoms with Crippen molar-refractivity contribution in [3.05, 3.63) is 65.5 Å². The van der Waals surface area contributed by atoms with Crippen molar-refractivity contribution in [2.24, 2.45) is 0 Å². The van der Waals surface area contributed by atoms with E-state index in [1.54, 1.807) is 43.3 Å². The maximum Gasteiger partial charge on any atom is 0.258 e. The van der Waals surface area contributed by atoms with Crippen molar-refractivity contribution < 1.29 is 18.7 Å². The van der Waals surface area contributed by atoms with E-state index in [4.69, 9.17) is 4.74 Å². The van der Waals surface area contributed by atoms with Crippen molar-refractivity contribution in [1.29, 1.82) is 0 Å². The third-order valence-corrected chi connectivity index (χ3v) is 3.61. The molecule has 2 aromatic carbocycles. The predicted octanol–water partition coefficient (Wildman–Crippen LogP) is 3.67. The molecule has 24 heavy (non-hydrogen) atoms. The summed E-state index contributed by atoms with van der Waals surface area (Å²) in [5.74, 6) is -0.00852.